The van der Waals surface area contributed by atoms with Gasteiger partial charge in [-0.05, 0) is 13.0 Å². The van der Waals surface area contributed by atoms with Crippen LogP contribution in [0.3, 0.4) is 0 Å². The number of pyridine rings is 1. The van der Waals surface area contributed by atoms with E-state index < -0.39 is 0 Å². The molecule has 0 saturated carbocycles. The highest BCUT2D eigenvalue weighted by Gasteiger charge is 2.17. The lowest BCUT2D eigenvalue weighted by atomic mass is 10.2. The third-order valence-corrected chi connectivity index (χ3v) is 2.30. The van der Waals surface area contributed by atoms with Crippen LogP contribution in [0.2, 0.25) is 0 Å². The summed E-state index contributed by atoms with van der Waals surface area (Å²) in [5.41, 5.74) is 5.98. The molecule has 1 heterocycles. The number of nitrogens with zero attached hydrogens (tertiary/aromatic N) is 2. The minimum Gasteiger partial charge on any atom is -0.494 e. The Morgan fingerprint density at radius 1 is 1.62 bits per heavy atom. The summed E-state index contributed by atoms with van der Waals surface area (Å²) in [7, 11) is 1.52. The molecule has 0 aliphatic rings. The number of aromatic nitrogens is 1. The molecule has 0 aliphatic heterocycles. The fourth-order valence-corrected chi connectivity index (χ4v) is 1.45. The molecule has 0 atom stereocenters. The van der Waals surface area contributed by atoms with Crippen LogP contribution >= 0.6 is 0 Å². The number of hydrogen-bond acceptors (Lipinski definition) is 4. The summed E-state index contributed by atoms with van der Waals surface area (Å²) in [6, 6.07) is 1.65. The van der Waals surface area contributed by atoms with Crippen molar-refractivity contribution < 1.29 is 9.53 Å². The summed E-state index contributed by atoms with van der Waals surface area (Å²) < 4.78 is 5.10. The summed E-state index contributed by atoms with van der Waals surface area (Å²) in [5.74, 6) is 0.412. The Kier molecular flexibility index (Phi) is 4.72. The third-order valence-electron chi connectivity index (χ3n) is 2.30. The van der Waals surface area contributed by atoms with Crippen molar-refractivity contribution in [3.8, 4) is 5.75 Å². The predicted molar refractivity (Wildman–Crippen MR) is 61.4 cm³/mol. The van der Waals surface area contributed by atoms with E-state index in [1.807, 2.05) is 6.92 Å². The molecule has 0 aliphatic carbocycles. The summed E-state index contributed by atoms with van der Waals surface area (Å²) in [6.45, 7) is 3.54. The Hall–Kier alpha value is -1.62. The zero-order valence-corrected chi connectivity index (χ0v) is 9.64. The van der Waals surface area contributed by atoms with Crippen LogP contribution in [0.4, 0.5) is 0 Å². The van der Waals surface area contributed by atoms with Gasteiger partial charge in [0.15, 0.2) is 0 Å². The van der Waals surface area contributed by atoms with E-state index in [-0.39, 0.29) is 5.91 Å². The Bertz CT molecular complexity index is 355. The van der Waals surface area contributed by atoms with Crippen LogP contribution in [-0.2, 0) is 0 Å². The number of amides is 1. The first-order valence-corrected chi connectivity index (χ1v) is 5.21. The van der Waals surface area contributed by atoms with Crippen LogP contribution in [-0.4, -0.2) is 42.5 Å². The van der Waals surface area contributed by atoms with E-state index in [0.717, 1.165) is 0 Å². The van der Waals surface area contributed by atoms with Crippen LogP contribution in [0.15, 0.2) is 18.5 Å². The molecule has 0 fully saturated rings. The monoisotopic (exact) mass is 223 g/mol. The van der Waals surface area contributed by atoms with Crippen molar-refractivity contribution in [2.24, 2.45) is 5.73 Å². The summed E-state index contributed by atoms with van der Waals surface area (Å²) in [4.78, 5) is 17.7. The first-order chi connectivity index (χ1) is 7.74. The third kappa shape index (κ3) is 2.70. The van der Waals surface area contributed by atoms with Gasteiger partial charge in [0, 0.05) is 25.8 Å². The quantitative estimate of drug-likeness (QED) is 0.789. The molecule has 1 amide bonds. The van der Waals surface area contributed by atoms with Gasteiger partial charge in [-0.2, -0.15) is 0 Å². The van der Waals surface area contributed by atoms with Crippen molar-refractivity contribution in [1.29, 1.82) is 0 Å². The van der Waals surface area contributed by atoms with Crippen LogP contribution in [0.1, 0.15) is 17.3 Å². The standard InChI is InChI=1S/C11H17N3O2/c1-3-14(7-5-12)11(15)9-4-6-13-8-10(9)16-2/h4,6,8H,3,5,7,12H2,1-2H3. The van der Waals surface area contributed by atoms with E-state index in [4.69, 9.17) is 10.5 Å². The second-order valence-corrected chi connectivity index (χ2v) is 3.25. The molecule has 1 aromatic rings. The smallest absolute Gasteiger partial charge is 0.257 e. The molecule has 88 valence electrons. The lowest BCUT2D eigenvalue weighted by Gasteiger charge is -2.20. The fourth-order valence-electron chi connectivity index (χ4n) is 1.45. The van der Waals surface area contributed by atoms with Crippen molar-refractivity contribution >= 4 is 5.91 Å². The van der Waals surface area contributed by atoms with E-state index in [1.54, 1.807) is 17.2 Å². The maximum absolute atomic E-state index is 12.1. The highest BCUT2D eigenvalue weighted by atomic mass is 16.5. The van der Waals surface area contributed by atoms with Crippen LogP contribution in [0.5, 0.6) is 5.75 Å². The maximum atomic E-state index is 12.1. The molecular weight excluding hydrogens is 206 g/mol. The molecule has 5 nitrogen and oxygen atoms in total. The largest absolute Gasteiger partial charge is 0.494 e. The van der Waals surface area contributed by atoms with E-state index in [2.05, 4.69) is 4.98 Å². The molecule has 16 heavy (non-hydrogen) atoms. The van der Waals surface area contributed by atoms with E-state index in [9.17, 15) is 4.79 Å². The van der Waals surface area contributed by atoms with Crippen molar-refractivity contribution in [3.63, 3.8) is 0 Å². The van der Waals surface area contributed by atoms with E-state index >= 15 is 0 Å². The first-order valence-electron chi connectivity index (χ1n) is 5.21. The molecule has 5 heteroatoms. The Morgan fingerprint density at radius 2 is 2.38 bits per heavy atom. The van der Waals surface area contributed by atoms with Gasteiger partial charge < -0.3 is 15.4 Å². The number of methoxy groups -OCH3 is 1. The molecule has 1 rings (SSSR count). The summed E-state index contributed by atoms with van der Waals surface area (Å²) in [6.07, 6.45) is 3.11. The number of likely N-dealkylation sites (N-methyl/N-ethyl adjacent to an activating group) is 1. The number of hydrogen-bond donors (Lipinski definition) is 1. The van der Waals surface area contributed by atoms with Gasteiger partial charge in [-0.15, -0.1) is 0 Å². The molecule has 0 bridgehead atoms. The lowest BCUT2D eigenvalue weighted by molar-refractivity contribution is 0.0765. The predicted octanol–water partition coefficient (Wildman–Crippen LogP) is 0.511. The van der Waals surface area contributed by atoms with E-state index in [0.29, 0.717) is 30.9 Å². The van der Waals surface area contributed by atoms with Gasteiger partial charge in [-0.25, -0.2) is 0 Å². The molecule has 0 radical (unpaired) electrons. The van der Waals surface area contributed by atoms with Gasteiger partial charge in [0.05, 0.1) is 18.9 Å². The van der Waals surface area contributed by atoms with Gasteiger partial charge in [0.25, 0.3) is 5.91 Å². The Morgan fingerprint density at radius 3 is 2.94 bits per heavy atom. The summed E-state index contributed by atoms with van der Waals surface area (Å²) >= 11 is 0. The second-order valence-electron chi connectivity index (χ2n) is 3.25. The topological polar surface area (TPSA) is 68.5 Å². The maximum Gasteiger partial charge on any atom is 0.257 e. The van der Waals surface area contributed by atoms with Crippen molar-refractivity contribution in [1.82, 2.24) is 9.88 Å². The number of nitrogens with two attached hydrogens (primary N) is 1. The molecule has 0 aromatic carbocycles. The molecule has 0 saturated heterocycles. The summed E-state index contributed by atoms with van der Waals surface area (Å²) in [5, 5.41) is 0. The molecule has 0 spiro atoms. The average molecular weight is 223 g/mol. The minimum atomic E-state index is -0.0767. The fraction of sp³-hybridized carbons (Fsp3) is 0.455. The molecule has 1 aromatic heterocycles. The van der Waals surface area contributed by atoms with Crippen molar-refractivity contribution in [2.75, 3.05) is 26.7 Å². The number of rotatable bonds is 5. The zero-order chi connectivity index (χ0) is 12.0. The highest BCUT2D eigenvalue weighted by Crippen LogP contribution is 2.17. The average Bonchev–Trinajstić information content (AvgIpc) is 2.35. The Balaban J connectivity index is 2.93. The van der Waals surface area contributed by atoms with Gasteiger partial charge in [0.2, 0.25) is 0 Å². The van der Waals surface area contributed by atoms with E-state index in [1.165, 1.54) is 13.3 Å². The first kappa shape index (κ1) is 12.4. The van der Waals surface area contributed by atoms with Crippen LogP contribution < -0.4 is 10.5 Å². The second kappa shape index (κ2) is 6.07. The number of carbonyl (C=O) groups is 1. The SMILES string of the molecule is CCN(CCN)C(=O)c1ccncc1OC. The highest BCUT2D eigenvalue weighted by molar-refractivity contribution is 5.96. The zero-order valence-electron chi connectivity index (χ0n) is 9.64. The van der Waals surface area contributed by atoms with Gasteiger partial charge in [0.1, 0.15) is 5.75 Å². The van der Waals surface area contributed by atoms with Crippen LogP contribution in [0, 0.1) is 0 Å². The van der Waals surface area contributed by atoms with Gasteiger partial charge in [-0.3, -0.25) is 9.78 Å². The van der Waals surface area contributed by atoms with Crippen molar-refractivity contribution in [2.45, 2.75) is 6.92 Å². The minimum absolute atomic E-state index is 0.0767. The van der Waals surface area contributed by atoms with Crippen LogP contribution in [0.25, 0.3) is 0 Å². The molecule has 2 N–H and O–H groups in total. The lowest BCUT2D eigenvalue weighted by Crippen LogP contribution is -2.35. The van der Waals surface area contributed by atoms with Gasteiger partial charge in [-0.1, -0.05) is 0 Å². The van der Waals surface area contributed by atoms with Gasteiger partial charge >= 0.3 is 0 Å². The normalized spacial score (nSPS) is 9.94. The van der Waals surface area contributed by atoms with Crippen molar-refractivity contribution in [3.05, 3.63) is 24.0 Å². The Labute approximate surface area is 95.2 Å². The number of ether oxygens (including phenoxy) is 1. The number of carbonyl (C=O) groups excluding carboxylic acids is 1. The molecule has 0 unspecified atom stereocenters. The molecular formula is C11H17N3O2.